The Bertz CT molecular complexity index is 1250. The van der Waals surface area contributed by atoms with E-state index in [1.165, 1.54) is 29.4 Å². The van der Waals surface area contributed by atoms with Crippen molar-refractivity contribution >= 4 is 57.1 Å². The Labute approximate surface area is 198 Å². The largest absolute Gasteiger partial charge is 0.507 e. The number of benzene rings is 2. The predicted octanol–water partition coefficient (Wildman–Crippen LogP) is 5.70. The second-order valence-electron chi connectivity index (χ2n) is 7.21. The third-order valence-electron chi connectivity index (χ3n) is 5.28. The first-order valence-corrected chi connectivity index (χ1v) is 11.1. The topological polar surface area (TPSA) is 79.7 Å². The number of nitrogens with zero attached hydrogens (tertiary/aromatic N) is 2. The van der Waals surface area contributed by atoms with Gasteiger partial charge in [-0.1, -0.05) is 35.3 Å². The van der Waals surface area contributed by atoms with E-state index in [0.717, 1.165) is 10.6 Å². The minimum absolute atomic E-state index is 0.0518. The minimum atomic E-state index is -0.877. The first kappa shape index (κ1) is 22.3. The molecule has 1 amide bonds. The van der Waals surface area contributed by atoms with E-state index >= 15 is 0 Å². The Morgan fingerprint density at radius 3 is 2.38 bits per heavy atom. The number of aliphatic hydroxyl groups excluding tert-OH is 1. The maximum atomic E-state index is 13.1. The van der Waals surface area contributed by atoms with Gasteiger partial charge >= 0.3 is 5.91 Å². The zero-order valence-electron chi connectivity index (χ0n) is 17.3. The van der Waals surface area contributed by atoms with Gasteiger partial charge in [0.15, 0.2) is 5.13 Å². The number of aryl methyl sites for hydroxylation is 2. The zero-order chi connectivity index (χ0) is 23.2. The number of carbonyl (C=O) groups is 2. The van der Waals surface area contributed by atoms with Gasteiger partial charge in [-0.3, -0.25) is 14.5 Å². The van der Waals surface area contributed by atoms with E-state index in [1.807, 2.05) is 13.8 Å². The normalized spacial score (nSPS) is 17.8. The quantitative estimate of drug-likeness (QED) is 0.289. The molecule has 0 bridgehead atoms. The smallest absolute Gasteiger partial charge is 0.301 e. The molecule has 4 rings (SSSR count). The number of aromatic nitrogens is 1. The summed E-state index contributed by atoms with van der Waals surface area (Å²) in [5, 5.41) is 12.3. The van der Waals surface area contributed by atoms with Crippen molar-refractivity contribution in [1.82, 2.24) is 4.98 Å². The summed E-state index contributed by atoms with van der Waals surface area (Å²) in [6.45, 7) is 3.73. The standard InChI is InChI=1S/C23H18Cl2N2O4S/c1-11-12(2)32-23(26-11)27-19(13-4-7-15(24)8-5-13)18(21(29)22(27)30)20(28)14-6-9-17(31-3)16(25)10-14/h4-10,19,28H,1-3H3/b20-18+/t19-/m0/s1. The number of carbonyl (C=O) groups excluding carboxylic acids is 2. The molecule has 164 valence electrons. The monoisotopic (exact) mass is 488 g/mol. The van der Waals surface area contributed by atoms with E-state index in [2.05, 4.69) is 4.98 Å². The molecule has 32 heavy (non-hydrogen) atoms. The van der Waals surface area contributed by atoms with Gasteiger partial charge in [0.05, 0.1) is 29.4 Å². The number of anilines is 1. The molecule has 0 aliphatic carbocycles. The van der Waals surface area contributed by atoms with Crippen molar-refractivity contribution in [3.63, 3.8) is 0 Å². The average molecular weight is 489 g/mol. The zero-order valence-corrected chi connectivity index (χ0v) is 19.7. The van der Waals surface area contributed by atoms with Gasteiger partial charge in [0, 0.05) is 15.5 Å². The number of Topliss-reactive ketones (excluding diaryl/α,β-unsaturated/α-hetero) is 1. The van der Waals surface area contributed by atoms with Crippen LogP contribution in [0.4, 0.5) is 5.13 Å². The lowest BCUT2D eigenvalue weighted by Crippen LogP contribution is -2.29. The van der Waals surface area contributed by atoms with Crippen molar-refractivity contribution in [1.29, 1.82) is 0 Å². The first-order valence-electron chi connectivity index (χ1n) is 9.57. The number of hydrogen-bond donors (Lipinski definition) is 1. The fourth-order valence-electron chi connectivity index (χ4n) is 3.52. The van der Waals surface area contributed by atoms with E-state index < -0.39 is 17.7 Å². The van der Waals surface area contributed by atoms with Crippen molar-refractivity contribution in [2.24, 2.45) is 0 Å². The van der Waals surface area contributed by atoms with Gasteiger partial charge in [-0.05, 0) is 49.7 Å². The number of amides is 1. The number of ether oxygens (including phenoxy) is 1. The summed E-state index contributed by atoms with van der Waals surface area (Å²) in [5.41, 5.74) is 1.62. The number of thiazole rings is 1. The van der Waals surface area contributed by atoms with E-state index in [4.69, 9.17) is 27.9 Å². The highest BCUT2D eigenvalue weighted by Gasteiger charge is 2.48. The molecule has 6 nitrogen and oxygen atoms in total. The number of halogens is 2. The average Bonchev–Trinajstić information content (AvgIpc) is 3.23. The summed E-state index contributed by atoms with van der Waals surface area (Å²) >= 11 is 13.6. The molecule has 3 aromatic rings. The second kappa shape index (κ2) is 8.58. The lowest BCUT2D eigenvalue weighted by molar-refractivity contribution is -0.132. The Morgan fingerprint density at radius 2 is 1.81 bits per heavy atom. The van der Waals surface area contributed by atoms with Gasteiger partial charge in [-0.15, -0.1) is 11.3 Å². The van der Waals surface area contributed by atoms with Gasteiger partial charge in [0.25, 0.3) is 5.78 Å². The van der Waals surface area contributed by atoms with Crippen LogP contribution in [0.15, 0.2) is 48.0 Å². The molecule has 1 aliphatic heterocycles. The molecule has 9 heteroatoms. The minimum Gasteiger partial charge on any atom is -0.507 e. The van der Waals surface area contributed by atoms with Crippen molar-refractivity contribution in [2.75, 3.05) is 12.0 Å². The number of hydrogen-bond acceptors (Lipinski definition) is 6. The summed E-state index contributed by atoms with van der Waals surface area (Å²) in [4.78, 5) is 33.0. The summed E-state index contributed by atoms with van der Waals surface area (Å²) in [6, 6.07) is 10.5. The molecule has 1 aromatic heterocycles. The van der Waals surface area contributed by atoms with Crippen molar-refractivity contribution in [3.8, 4) is 5.75 Å². The van der Waals surface area contributed by atoms with Gasteiger partial charge in [0.2, 0.25) is 0 Å². The van der Waals surface area contributed by atoms with E-state index in [1.54, 1.807) is 36.4 Å². The van der Waals surface area contributed by atoms with Crippen LogP contribution in [0.1, 0.15) is 27.7 Å². The summed E-state index contributed by atoms with van der Waals surface area (Å²) in [7, 11) is 1.48. The van der Waals surface area contributed by atoms with Gasteiger partial charge in [-0.25, -0.2) is 4.98 Å². The van der Waals surface area contributed by atoms with Crippen molar-refractivity contribution in [3.05, 3.63) is 79.8 Å². The third kappa shape index (κ3) is 3.77. The van der Waals surface area contributed by atoms with E-state index in [0.29, 0.717) is 27.0 Å². The van der Waals surface area contributed by atoms with Crippen LogP contribution >= 0.6 is 34.5 Å². The lowest BCUT2D eigenvalue weighted by atomic mass is 9.95. The number of methoxy groups -OCH3 is 1. The molecule has 0 unspecified atom stereocenters. The highest BCUT2D eigenvalue weighted by Crippen LogP contribution is 2.44. The van der Waals surface area contributed by atoms with Crippen LogP contribution in [0, 0.1) is 13.8 Å². The molecular weight excluding hydrogens is 471 g/mol. The summed E-state index contributed by atoms with van der Waals surface area (Å²) in [5.74, 6) is -1.48. The molecule has 1 N–H and O–H groups in total. The Morgan fingerprint density at radius 1 is 1.12 bits per heavy atom. The maximum absolute atomic E-state index is 13.1. The molecule has 1 saturated heterocycles. The Balaban J connectivity index is 1.94. The Hall–Kier alpha value is -2.87. The fraction of sp³-hybridized carbons (Fsp3) is 0.174. The first-order chi connectivity index (χ1) is 15.2. The maximum Gasteiger partial charge on any atom is 0.301 e. The summed E-state index contributed by atoms with van der Waals surface area (Å²) < 4.78 is 5.16. The summed E-state index contributed by atoms with van der Waals surface area (Å²) in [6.07, 6.45) is 0. The van der Waals surface area contributed by atoms with Crippen LogP contribution < -0.4 is 9.64 Å². The third-order valence-corrected chi connectivity index (χ3v) is 6.90. The van der Waals surface area contributed by atoms with Crippen LogP contribution in [0.3, 0.4) is 0 Å². The van der Waals surface area contributed by atoms with E-state index in [9.17, 15) is 14.7 Å². The highest BCUT2D eigenvalue weighted by atomic mass is 35.5. The number of aliphatic hydroxyl groups is 1. The molecule has 0 saturated carbocycles. The van der Waals surface area contributed by atoms with Crippen LogP contribution in [0.25, 0.3) is 5.76 Å². The number of rotatable bonds is 4. The fourth-order valence-corrected chi connectivity index (χ4v) is 4.84. The molecule has 1 fully saturated rings. The molecule has 0 radical (unpaired) electrons. The Kier molecular flexibility index (Phi) is 5.99. The van der Waals surface area contributed by atoms with E-state index in [-0.39, 0.29) is 16.4 Å². The van der Waals surface area contributed by atoms with Crippen LogP contribution in [0.5, 0.6) is 5.75 Å². The van der Waals surface area contributed by atoms with Crippen LogP contribution in [-0.4, -0.2) is 28.9 Å². The number of ketones is 1. The molecule has 1 atom stereocenters. The highest BCUT2D eigenvalue weighted by molar-refractivity contribution is 7.16. The van der Waals surface area contributed by atoms with Crippen LogP contribution in [-0.2, 0) is 9.59 Å². The predicted molar refractivity (Wildman–Crippen MR) is 126 cm³/mol. The second-order valence-corrected chi connectivity index (χ2v) is 9.23. The van der Waals surface area contributed by atoms with Gasteiger partial charge in [-0.2, -0.15) is 0 Å². The lowest BCUT2D eigenvalue weighted by Gasteiger charge is -2.23. The van der Waals surface area contributed by atoms with Crippen LogP contribution in [0.2, 0.25) is 10.0 Å². The molecule has 0 spiro atoms. The van der Waals surface area contributed by atoms with Gasteiger partial charge in [0.1, 0.15) is 11.5 Å². The van der Waals surface area contributed by atoms with Crippen molar-refractivity contribution in [2.45, 2.75) is 19.9 Å². The van der Waals surface area contributed by atoms with Crippen molar-refractivity contribution < 1.29 is 19.4 Å². The molecular formula is C23H18Cl2N2O4S. The molecule has 2 aromatic carbocycles. The molecule has 1 aliphatic rings. The molecule has 2 heterocycles. The SMILES string of the molecule is COc1ccc(/C(O)=C2\C(=O)C(=O)N(c3nc(C)c(C)s3)[C@H]2c2ccc(Cl)cc2)cc1Cl. The van der Waals surface area contributed by atoms with Gasteiger partial charge < -0.3 is 9.84 Å².